The van der Waals surface area contributed by atoms with E-state index in [1.54, 1.807) is 18.2 Å². The van der Waals surface area contributed by atoms with E-state index < -0.39 is 29.3 Å². The molecular weight excluding hydrogens is 474 g/mol. The number of aliphatic carboxylic acids is 1. The Balaban J connectivity index is 1.71. The standard InChI is InChI=1S/C27H33N5O5/c1-27(2,3)23-25(28-18-10-5-4-6-11-18)31-14-8-13-20(24(31)30-23)26(35)29-21(16-22(33)34)17-9-7-12-19(15-17)32(36)37/h7-9,12-15,18,21,28H,4-6,10-11,16H2,1-3H3,(H,29,35)(H,33,34). The zero-order chi connectivity index (χ0) is 26.7. The van der Waals surface area contributed by atoms with Crippen LogP contribution >= 0.6 is 0 Å². The first-order valence-electron chi connectivity index (χ1n) is 12.6. The van der Waals surface area contributed by atoms with Gasteiger partial charge < -0.3 is 15.7 Å². The number of fused-ring (bicyclic) bond motifs is 1. The van der Waals surface area contributed by atoms with Crippen LogP contribution in [0.2, 0.25) is 0 Å². The average molecular weight is 508 g/mol. The van der Waals surface area contributed by atoms with Crippen molar-refractivity contribution < 1.29 is 19.6 Å². The van der Waals surface area contributed by atoms with Gasteiger partial charge in [0, 0.05) is 29.8 Å². The number of carbonyl (C=O) groups is 2. The third kappa shape index (κ3) is 5.90. The number of benzene rings is 1. The molecule has 10 nitrogen and oxygen atoms in total. The number of hydrogen-bond donors (Lipinski definition) is 3. The van der Waals surface area contributed by atoms with Crippen molar-refractivity contribution in [2.24, 2.45) is 0 Å². The molecule has 1 unspecified atom stereocenters. The van der Waals surface area contributed by atoms with E-state index in [-0.39, 0.29) is 11.1 Å². The monoisotopic (exact) mass is 507 g/mol. The smallest absolute Gasteiger partial charge is 0.305 e. The summed E-state index contributed by atoms with van der Waals surface area (Å²) in [5.41, 5.74) is 1.49. The molecule has 1 aromatic carbocycles. The van der Waals surface area contributed by atoms with E-state index in [1.165, 1.54) is 37.5 Å². The maximum absolute atomic E-state index is 13.5. The highest BCUT2D eigenvalue weighted by Gasteiger charge is 2.29. The molecule has 3 aromatic rings. The number of nitro benzene ring substituents is 1. The number of hydrogen-bond acceptors (Lipinski definition) is 6. The fourth-order valence-electron chi connectivity index (χ4n) is 4.86. The number of rotatable bonds is 8. The van der Waals surface area contributed by atoms with Crippen LogP contribution in [0.5, 0.6) is 0 Å². The van der Waals surface area contributed by atoms with Gasteiger partial charge in [0.05, 0.1) is 28.6 Å². The molecular formula is C27H33N5O5. The molecule has 4 rings (SSSR count). The van der Waals surface area contributed by atoms with Crippen molar-refractivity contribution in [1.29, 1.82) is 0 Å². The van der Waals surface area contributed by atoms with Crippen LogP contribution in [0, 0.1) is 10.1 Å². The van der Waals surface area contributed by atoms with Crippen LogP contribution in [-0.2, 0) is 10.2 Å². The summed E-state index contributed by atoms with van der Waals surface area (Å²) >= 11 is 0. The summed E-state index contributed by atoms with van der Waals surface area (Å²) in [5, 5.41) is 27.1. The first kappa shape index (κ1) is 26.1. The molecule has 0 bridgehead atoms. The number of nitrogens with one attached hydrogen (secondary N) is 2. The first-order chi connectivity index (χ1) is 17.5. The third-order valence-electron chi connectivity index (χ3n) is 6.72. The number of imidazole rings is 1. The van der Waals surface area contributed by atoms with Crippen LogP contribution in [0.15, 0.2) is 42.6 Å². The molecule has 37 heavy (non-hydrogen) atoms. The number of anilines is 1. The Kier molecular flexibility index (Phi) is 7.47. The van der Waals surface area contributed by atoms with Crippen LogP contribution in [0.25, 0.3) is 5.65 Å². The molecule has 1 aliphatic carbocycles. The largest absolute Gasteiger partial charge is 0.481 e. The second-order valence-corrected chi connectivity index (χ2v) is 10.6. The highest BCUT2D eigenvalue weighted by Crippen LogP contribution is 2.33. The van der Waals surface area contributed by atoms with Gasteiger partial charge >= 0.3 is 5.97 Å². The van der Waals surface area contributed by atoms with Crippen LogP contribution in [-0.4, -0.2) is 37.3 Å². The van der Waals surface area contributed by atoms with E-state index in [4.69, 9.17) is 4.98 Å². The first-order valence-corrected chi connectivity index (χ1v) is 12.6. The summed E-state index contributed by atoms with van der Waals surface area (Å²) in [4.78, 5) is 40.6. The molecule has 1 saturated carbocycles. The van der Waals surface area contributed by atoms with E-state index in [0.29, 0.717) is 22.8 Å². The summed E-state index contributed by atoms with van der Waals surface area (Å²) in [6.07, 6.45) is 7.20. The number of aromatic nitrogens is 2. The highest BCUT2D eigenvalue weighted by atomic mass is 16.6. The molecule has 10 heteroatoms. The van der Waals surface area contributed by atoms with Crippen molar-refractivity contribution in [3.63, 3.8) is 0 Å². The predicted octanol–water partition coefficient (Wildman–Crippen LogP) is 5.23. The lowest BCUT2D eigenvalue weighted by Crippen LogP contribution is -2.30. The van der Waals surface area contributed by atoms with Gasteiger partial charge in [-0.2, -0.15) is 0 Å². The summed E-state index contributed by atoms with van der Waals surface area (Å²) < 4.78 is 1.89. The second kappa shape index (κ2) is 10.6. The van der Waals surface area contributed by atoms with Crippen LogP contribution in [0.3, 0.4) is 0 Å². The average Bonchev–Trinajstić information content (AvgIpc) is 3.23. The molecule has 196 valence electrons. The molecule has 1 fully saturated rings. The minimum absolute atomic E-state index is 0.175. The van der Waals surface area contributed by atoms with E-state index >= 15 is 0 Å². The fourth-order valence-corrected chi connectivity index (χ4v) is 4.86. The Bertz CT molecular complexity index is 1320. The molecule has 0 saturated heterocycles. The van der Waals surface area contributed by atoms with Crippen LogP contribution < -0.4 is 10.6 Å². The summed E-state index contributed by atoms with van der Waals surface area (Å²) in [6, 6.07) is 8.45. The number of pyridine rings is 1. The number of amides is 1. The van der Waals surface area contributed by atoms with Crippen molar-refractivity contribution in [3.8, 4) is 0 Å². The van der Waals surface area contributed by atoms with Gasteiger partial charge in [0.15, 0.2) is 5.65 Å². The third-order valence-corrected chi connectivity index (χ3v) is 6.72. The minimum Gasteiger partial charge on any atom is -0.481 e. The maximum atomic E-state index is 13.5. The Morgan fingerprint density at radius 3 is 2.57 bits per heavy atom. The number of nitro groups is 1. The Labute approximate surface area is 215 Å². The van der Waals surface area contributed by atoms with Crippen LogP contribution in [0.4, 0.5) is 11.5 Å². The molecule has 1 amide bonds. The van der Waals surface area contributed by atoms with Crippen molar-refractivity contribution in [1.82, 2.24) is 14.7 Å². The van der Waals surface area contributed by atoms with Crippen molar-refractivity contribution in [2.75, 3.05) is 5.32 Å². The lowest BCUT2D eigenvalue weighted by molar-refractivity contribution is -0.384. The maximum Gasteiger partial charge on any atom is 0.305 e. The molecule has 3 N–H and O–H groups in total. The second-order valence-electron chi connectivity index (χ2n) is 10.6. The van der Waals surface area contributed by atoms with E-state index in [2.05, 4.69) is 31.4 Å². The van der Waals surface area contributed by atoms with Crippen molar-refractivity contribution >= 4 is 29.0 Å². The molecule has 1 atom stereocenters. The van der Waals surface area contributed by atoms with E-state index in [0.717, 1.165) is 24.4 Å². The number of non-ortho nitro benzene ring substituents is 1. The van der Waals surface area contributed by atoms with Gasteiger partial charge in [-0.25, -0.2) is 4.98 Å². The van der Waals surface area contributed by atoms with Gasteiger partial charge in [-0.3, -0.25) is 24.1 Å². The Morgan fingerprint density at radius 2 is 1.92 bits per heavy atom. The van der Waals surface area contributed by atoms with E-state index in [1.807, 2.05) is 10.6 Å². The van der Waals surface area contributed by atoms with Gasteiger partial charge in [-0.1, -0.05) is 52.2 Å². The zero-order valence-electron chi connectivity index (χ0n) is 21.4. The molecule has 2 aromatic heterocycles. The Hall–Kier alpha value is -3.95. The van der Waals surface area contributed by atoms with Crippen molar-refractivity contribution in [2.45, 2.75) is 76.8 Å². The number of carbonyl (C=O) groups excluding carboxylic acids is 1. The van der Waals surface area contributed by atoms with Crippen molar-refractivity contribution in [3.05, 3.63) is 69.5 Å². The molecule has 0 spiro atoms. The summed E-state index contributed by atoms with van der Waals surface area (Å²) in [7, 11) is 0. The molecule has 0 aliphatic heterocycles. The van der Waals surface area contributed by atoms with E-state index in [9.17, 15) is 24.8 Å². The highest BCUT2D eigenvalue weighted by molar-refractivity contribution is 6.00. The van der Waals surface area contributed by atoms with Gasteiger partial charge in [-0.15, -0.1) is 0 Å². The van der Waals surface area contributed by atoms with Gasteiger partial charge in [0.1, 0.15) is 5.82 Å². The van der Waals surface area contributed by atoms with Gasteiger partial charge in [0.25, 0.3) is 11.6 Å². The summed E-state index contributed by atoms with van der Waals surface area (Å²) in [5.74, 6) is -0.771. The topological polar surface area (TPSA) is 139 Å². The normalized spacial score (nSPS) is 15.3. The van der Waals surface area contributed by atoms with Gasteiger partial charge in [0.2, 0.25) is 0 Å². The molecule has 0 radical (unpaired) electrons. The Morgan fingerprint density at radius 1 is 1.19 bits per heavy atom. The zero-order valence-corrected chi connectivity index (χ0v) is 21.4. The fraction of sp³-hybridized carbons (Fsp3) is 0.444. The quantitative estimate of drug-likeness (QED) is 0.280. The minimum atomic E-state index is -1.13. The lowest BCUT2D eigenvalue weighted by Gasteiger charge is -2.26. The molecule has 2 heterocycles. The number of carboxylic acids is 1. The van der Waals surface area contributed by atoms with Crippen LogP contribution in [0.1, 0.15) is 87.0 Å². The number of nitrogens with zero attached hydrogens (tertiary/aromatic N) is 3. The molecule has 1 aliphatic rings. The van der Waals surface area contributed by atoms with Gasteiger partial charge in [-0.05, 0) is 30.5 Å². The number of carboxylic acid groups (broad SMARTS) is 1. The SMILES string of the molecule is CC(C)(C)c1nc2c(C(=O)NC(CC(=O)O)c3cccc([N+](=O)[O-])c3)cccn2c1NC1CCCCC1. The lowest BCUT2D eigenvalue weighted by atomic mass is 9.91. The summed E-state index contributed by atoms with van der Waals surface area (Å²) in [6.45, 7) is 6.23. The predicted molar refractivity (Wildman–Crippen MR) is 140 cm³/mol.